The van der Waals surface area contributed by atoms with Gasteiger partial charge in [0.25, 0.3) is 0 Å². The molecule has 6 aromatic carbocycles. The van der Waals surface area contributed by atoms with E-state index in [0.717, 1.165) is 66.2 Å². The molecule has 0 aliphatic rings. The fourth-order valence-electron chi connectivity index (χ4n) is 7.32. The second-order valence-corrected chi connectivity index (χ2v) is 12.3. The smallest absolute Gasteiger partial charge is 0.238 e. The molecule has 0 unspecified atom stereocenters. The Balaban J connectivity index is 1.34. The molecule has 234 valence electrons. The summed E-state index contributed by atoms with van der Waals surface area (Å²) < 4.78 is 4.55. The number of pyridine rings is 1. The summed E-state index contributed by atoms with van der Waals surface area (Å²) in [5.74, 6) is 1.81. The van der Waals surface area contributed by atoms with E-state index in [2.05, 4.69) is 111 Å². The number of benzene rings is 6. The zero-order chi connectivity index (χ0) is 33.0. The SMILES string of the molecule is c1ccc(-c2nc(-c3ccccc3)nc(-n3c4ccccc4c4cccc(-c5cccc6c7ccncc7n(-c7ccccc7)c56)c43)n2)cc1. The predicted molar refractivity (Wildman–Crippen MR) is 203 cm³/mol. The number of rotatable bonds is 5. The standard InChI is InChI=1S/C44H28N6/c1-4-14-29(15-5-1)42-46-43(30-16-6-2-7-17-30)48-44(47-42)50-38-25-11-10-20-32(38)34-21-12-24-37(41(34)50)36-23-13-22-35-33-26-27-45-28-39(33)49(40(35)36)31-18-8-3-9-19-31/h1-28H. The van der Waals surface area contributed by atoms with E-state index in [1.54, 1.807) is 0 Å². The number of aromatic nitrogens is 6. The van der Waals surface area contributed by atoms with Crippen molar-refractivity contribution in [2.24, 2.45) is 0 Å². The first-order chi connectivity index (χ1) is 24.8. The van der Waals surface area contributed by atoms with Crippen molar-refractivity contribution in [2.75, 3.05) is 0 Å². The molecule has 0 fully saturated rings. The highest BCUT2D eigenvalue weighted by molar-refractivity contribution is 6.18. The lowest BCUT2D eigenvalue weighted by atomic mass is 9.99. The first-order valence-electron chi connectivity index (χ1n) is 16.7. The Morgan fingerprint density at radius 2 is 0.900 bits per heavy atom. The summed E-state index contributed by atoms with van der Waals surface area (Å²) in [6.07, 6.45) is 3.84. The van der Waals surface area contributed by atoms with Gasteiger partial charge in [0, 0.05) is 55.7 Å². The normalized spacial score (nSPS) is 11.6. The van der Waals surface area contributed by atoms with E-state index in [1.165, 1.54) is 5.39 Å². The highest BCUT2D eigenvalue weighted by Gasteiger charge is 2.23. The lowest BCUT2D eigenvalue weighted by Gasteiger charge is -2.15. The van der Waals surface area contributed by atoms with Crippen molar-refractivity contribution in [2.45, 2.75) is 0 Å². The number of para-hydroxylation sites is 4. The highest BCUT2D eigenvalue weighted by Crippen LogP contribution is 2.43. The average molecular weight is 641 g/mol. The van der Waals surface area contributed by atoms with Gasteiger partial charge in [-0.25, -0.2) is 4.98 Å². The molecular weight excluding hydrogens is 613 g/mol. The second kappa shape index (κ2) is 11.4. The Bertz CT molecular complexity index is 2800. The molecule has 4 aromatic heterocycles. The fourth-order valence-corrected chi connectivity index (χ4v) is 7.32. The second-order valence-electron chi connectivity index (χ2n) is 12.3. The molecule has 0 amide bonds. The van der Waals surface area contributed by atoms with Crippen LogP contribution >= 0.6 is 0 Å². The average Bonchev–Trinajstić information content (AvgIpc) is 3.72. The number of hydrogen-bond acceptors (Lipinski definition) is 4. The minimum absolute atomic E-state index is 0.566. The molecule has 0 aliphatic heterocycles. The third kappa shape index (κ3) is 4.36. The van der Waals surface area contributed by atoms with Crippen LogP contribution in [0.4, 0.5) is 0 Å². The van der Waals surface area contributed by atoms with Gasteiger partial charge in [-0.3, -0.25) is 9.55 Å². The summed E-state index contributed by atoms with van der Waals surface area (Å²) in [6.45, 7) is 0. The highest BCUT2D eigenvalue weighted by atomic mass is 15.2. The van der Waals surface area contributed by atoms with E-state index in [0.29, 0.717) is 17.6 Å². The quantitative estimate of drug-likeness (QED) is 0.188. The van der Waals surface area contributed by atoms with Gasteiger partial charge in [-0.05, 0) is 24.3 Å². The summed E-state index contributed by atoms with van der Waals surface area (Å²) in [5.41, 5.74) is 9.38. The number of nitrogens with zero attached hydrogens (tertiary/aromatic N) is 6. The van der Waals surface area contributed by atoms with Crippen LogP contribution in [0.5, 0.6) is 0 Å². The summed E-state index contributed by atoms with van der Waals surface area (Å²) in [4.78, 5) is 19.9. The van der Waals surface area contributed by atoms with Gasteiger partial charge >= 0.3 is 0 Å². The van der Waals surface area contributed by atoms with Gasteiger partial charge in [0.05, 0.1) is 28.3 Å². The maximum atomic E-state index is 5.20. The van der Waals surface area contributed by atoms with Crippen LogP contribution in [0.1, 0.15) is 0 Å². The number of fused-ring (bicyclic) bond motifs is 6. The lowest BCUT2D eigenvalue weighted by molar-refractivity contribution is 0.954. The van der Waals surface area contributed by atoms with Gasteiger partial charge in [-0.15, -0.1) is 0 Å². The van der Waals surface area contributed by atoms with Crippen LogP contribution in [0.3, 0.4) is 0 Å². The van der Waals surface area contributed by atoms with Crippen LogP contribution in [-0.4, -0.2) is 29.1 Å². The largest absolute Gasteiger partial charge is 0.307 e. The van der Waals surface area contributed by atoms with E-state index in [1.807, 2.05) is 73.1 Å². The molecule has 0 N–H and O–H groups in total. The molecule has 50 heavy (non-hydrogen) atoms. The Morgan fingerprint density at radius 3 is 1.54 bits per heavy atom. The fraction of sp³-hybridized carbons (Fsp3) is 0. The third-order valence-electron chi connectivity index (χ3n) is 9.48. The Labute approximate surface area is 287 Å². The first-order valence-corrected chi connectivity index (χ1v) is 16.7. The van der Waals surface area contributed by atoms with Crippen LogP contribution in [-0.2, 0) is 0 Å². The van der Waals surface area contributed by atoms with Crippen LogP contribution in [0.25, 0.3) is 89.2 Å². The monoisotopic (exact) mass is 640 g/mol. The van der Waals surface area contributed by atoms with Gasteiger partial charge in [0.15, 0.2) is 11.6 Å². The van der Waals surface area contributed by atoms with Crippen molar-refractivity contribution in [1.82, 2.24) is 29.1 Å². The van der Waals surface area contributed by atoms with Crippen molar-refractivity contribution in [3.8, 4) is 45.5 Å². The van der Waals surface area contributed by atoms with Crippen LogP contribution in [0.2, 0.25) is 0 Å². The van der Waals surface area contributed by atoms with Gasteiger partial charge in [-0.2, -0.15) is 9.97 Å². The molecule has 0 bridgehead atoms. The summed E-state index contributed by atoms with van der Waals surface area (Å²) in [6, 6.07) is 54.6. The van der Waals surface area contributed by atoms with Gasteiger partial charge in [-0.1, -0.05) is 133 Å². The minimum atomic E-state index is 0.566. The molecule has 0 spiro atoms. The van der Waals surface area contributed by atoms with Crippen LogP contribution < -0.4 is 0 Å². The zero-order valence-electron chi connectivity index (χ0n) is 26.8. The molecule has 4 heterocycles. The van der Waals surface area contributed by atoms with E-state index in [9.17, 15) is 0 Å². The molecule has 10 rings (SSSR count). The minimum Gasteiger partial charge on any atom is -0.307 e. The van der Waals surface area contributed by atoms with E-state index < -0.39 is 0 Å². The summed E-state index contributed by atoms with van der Waals surface area (Å²) >= 11 is 0. The van der Waals surface area contributed by atoms with Gasteiger partial charge < -0.3 is 4.57 Å². The number of hydrogen-bond donors (Lipinski definition) is 0. The topological polar surface area (TPSA) is 61.4 Å². The Morgan fingerprint density at radius 1 is 0.380 bits per heavy atom. The van der Waals surface area contributed by atoms with Gasteiger partial charge in [0.2, 0.25) is 5.95 Å². The molecular formula is C44H28N6. The Kier molecular flexibility index (Phi) is 6.39. The molecule has 0 saturated carbocycles. The maximum absolute atomic E-state index is 5.20. The molecule has 0 saturated heterocycles. The van der Waals surface area contributed by atoms with Crippen molar-refractivity contribution < 1.29 is 0 Å². The molecule has 6 nitrogen and oxygen atoms in total. The van der Waals surface area contributed by atoms with Crippen LogP contribution in [0.15, 0.2) is 170 Å². The first kappa shape index (κ1) is 28.1. The summed E-state index contributed by atoms with van der Waals surface area (Å²) in [5, 5.41) is 4.58. The molecule has 0 aliphatic carbocycles. The van der Waals surface area contributed by atoms with Gasteiger partial charge in [0.1, 0.15) is 0 Å². The summed E-state index contributed by atoms with van der Waals surface area (Å²) in [7, 11) is 0. The van der Waals surface area contributed by atoms with Crippen LogP contribution in [0, 0.1) is 0 Å². The molecule has 0 radical (unpaired) electrons. The van der Waals surface area contributed by atoms with Crippen molar-refractivity contribution >= 4 is 43.6 Å². The molecule has 10 aromatic rings. The molecule has 6 heteroatoms. The van der Waals surface area contributed by atoms with E-state index >= 15 is 0 Å². The zero-order valence-corrected chi connectivity index (χ0v) is 26.8. The molecule has 0 atom stereocenters. The van der Waals surface area contributed by atoms with E-state index in [4.69, 9.17) is 15.0 Å². The van der Waals surface area contributed by atoms with E-state index in [-0.39, 0.29) is 0 Å². The lowest BCUT2D eigenvalue weighted by Crippen LogP contribution is -2.07. The van der Waals surface area contributed by atoms with Crippen molar-refractivity contribution in [1.29, 1.82) is 0 Å². The van der Waals surface area contributed by atoms with Crippen molar-refractivity contribution in [3.05, 3.63) is 170 Å². The van der Waals surface area contributed by atoms with Crippen molar-refractivity contribution in [3.63, 3.8) is 0 Å². The maximum Gasteiger partial charge on any atom is 0.238 e. The third-order valence-corrected chi connectivity index (χ3v) is 9.48. The predicted octanol–water partition coefficient (Wildman–Crippen LogP) is 10.5. The Hall–Kier alpha value is -6.92.